The number of rotatable bonds is 7. The molecule has 184 valence electrons. The summed E-state index contributed by atoms with van der Waals surface area (Å²) in [5.74, 6) is -1.13. The summed E-state index contributed by atoms with van der Waals surface area (Å²) in [7, 11) is 0. The molecule has 0 atom stereocenters. The van der Waals surface area contributed by atoms with Crippen molar-refractivity contribution in [2.75, 3.05) is 5.32 Å². The first-order valence-corrected chi connectivity index (χ1v) is 12.1. The van der Waals surface area contributed by atoms with Crippen LogP contribution in [0, 0.1) is 0 Å². The number of nitrogens with zero attached hydrogens (tertiary/aromatic N) is 1. The summed E-state index contributed by atoms with van der Waals surface area (Å²) in [5.41, 5.74) is 4.34. The summed E-state index contributed by atoms with van der Waals surface area (Å²) >= 11 is 9.46. The minimum Gasteiger partial charge on any atom is -0.422 e. The van der Waals surface area contributed by atoms with Crippen LogP contribution in [0.5, 0.6) is 5.75 Å². The van der Waals surface area contributed by atoms with Crippen LogP contribution in [0.4, 0.5) is 5.69 Å². The minimum atomic E-state index is -0.516. The Morgan fingerprint density at radius 3 is 2.32 bits per heavy atom. The Hall–Kier alpha value is -4.27. The van der Waals surface area contributed by atoms with Gasteiger partial charge in [-0.2, -0.15) is 5.10 Å². The van der Waals surface area contributed by atoms with Crippen molar-refractivity contribution in [3.63, 3.8) is 0 Å². The van der Waals surface area contributed by atoms with E-state index in [4.69, 9.17) is 16.3 Å². The Balaban J connectivity index is 1.43. The highest BCUT2D eigenvalue weighted by Crippen LogP contribution is 2.23. The zero-order valence-electron chi connectivity index (χ0n) is 19.2. The van der Waals surface area contributed by atoms with Crippen LogP contribution in [0.15, 0.2) is 107 Å². The summed E-state index contributed by atoms with van der Waals surface area (Å²) in [6.07, 6.45) is 1.37. The molecule has 9 heteroatoms. The highest BCUT2D eigenvalue weighted by Gasteiger charge is 2.13. The van der Waals surface area contributed by atoms with Crippen molar-refractivity contribution < 1.29 is 19.1 Å². The highest BCUT2D eigenvalue weighted by molar-refractivity contribution is 9.10. The number of benzene rings is 4. The van der Waals surface area contributed by atoms with Gasteiger partial charge in [0.15, 0.2) is 0 Å². The first-order chi connectivity index (χ1) is 17.9. The first kappa shape index (κ1) is 25.8. The molecule has 0 aromatic heterocycles. The third-order valence-corrected chi connectivity index (χ3v) is 5.88. The van der Waals surface area contributed by atoms with Crippen molar-refractivity contribution in [1.82, 2.24) is 5.43 Å². The zero-order valence-corrected chi connectivity index (χ0v) is 21.5. The molecule has 0 aliphatic rings. The Bertz CT molecular complexity index is 1490. The Morgan fingerprint density at radius 2 is 1.54 bits per heavy atom. The lowest BCUT2D eigenvalue weighted by Crippen LogP contribution is -2.18. The van der Waals surface area contributed by atoms with Gasteiger partial charge in [-0.25, -0.2) is 10.2 Å². The normalized spacial score (nSPS) is 10.6. The van der Waals surface area contributed by atoms with Crippen molar-refractivity contribution in [2.24, 2.45) is 5.10 Å². The van der Waals surface area contributed by atoms with Crippen LogP contribution in [0.2, 0.25) is 5.02 Å². The highest BCUT2D eigenvalue weighted by atomic mass is 79.9. The van der Waals surface area contributed by atoms with E-state index in [1.165, 1.54) is 12.3 Å². The molecular weight excluding hydrogens is 558 g/mol. The topological polar surface area (TPSA) is 96.9 Å². The van der Waals surface area contributed by atoms with Gasteiger partial charge in [0.2, 0.25) is 0 Å². The molecule has 4 rings (SSSR count). The lowest BCUT2D eigenvalue weighted by Gasteiger charge is -2.09. The number of carbonyl (C=O) groups excluding carboxylic acids is 3. The van der Waals surface area contributed by atoms with E-state index < -0.39 is 17.8 Å². The molecule has 4 aromatic carbocycles. The van der Waals surface area contributed by atoms with E-state index in [2.05, 4.69) is 31.8 Å². The van der Waals surface area contributed by atoms with Crippen molar-refractivity contribution in [3.05, 3.63) is 129 Å². The van der Waals surface area contributed by atoms with Crippen LogP contribution >= 0.6 is 27.5 Å². The van der Waals surface area contributed by atoms with Crippen LogP contribution < -0.4 is 15.5 Å². The van der Waals surface area contributed by atoms with Gasteiger partial charge < -0.3 is 10.1 Å². The molecule has 0 fully saturated rings. The second-order valence-electron chi connectivity index (χ2n) is 7.65. The number of esters is 1. The van der Waals surface area contributed by atoms with E-state index >= 15 is 0 Å². The molecule has 2 N–H and O–H groups in total. The smallest absolute Gasteiger partial charge is 0.343 e. The number of amides is 2. The number of halogens is 2. The lowest BCUT2D eigenvalue weighted by atomic mass is 10.1. The van der Waals surface area contributed by atoms with Gasteiger partial charge in [0.05, 0.1) is 22.4 Å². The summed E-state index contributed by atoms with van der Waals surface area (Å²) in [4.78, 5) is 37.6. The Morgan fingerprint density at radius 1 is 0.811 bits per heavy atom. The minimum absolute atomic E-state index is 0.277. The summed E-state index contributed by atoms with van der Waals surface area (Å²) in [6.45, 7) is 0. The summed E-state index contributed by atoms with van der Waals surface area (Å²) < 4.78 is 6.25. The van der Waals surface area contributed by atoms with Crippen LogP contribution in [-0.4, -0.2) is 24.0 Å². The lowest BCUT2D eigenvalue weighted by molar-refractivity contribution is 0.0734. The quantitative estimate of drug-likeness (QED) is 0.116. The zero-order chi connectivity index (χ0) is 26.2. The van der Waals surface area contributed by atoms with Gasteiger partial charge in [0, 0.05) is 21.3 Å². The van der Waals surface area contributed by atoms with Crippen LogP contribution in [0.3, 0.4) is 0 Å². The number of hydrazone groups is 1. The number of hydrogen-bond donors (Lipinski definition) is 2. The molecule has 2 amide bonds. The van der Waals surface area contributed by atoms with Gasteiger partial charge >= 0.3 is 5.97 Å². The fraction of sp³-hybridized carbons (Fsp3) is 0. The molecule has 0 unspecified atom stereocenters. The van der Waals surface area contributed by atoms with Gasteiger partial charge in [-0.05, 0) is 60.7 Å². The van der Waals surface area contributed by atoms with Crippen molar-refractivity contribution >= 4 is 57.2 Å². The van der Waals surface area contributed by atoms with E-state index in [0.29, 0.717) is 27.4 Å². The van der Waals surface area contributed by atoms with Gasteiger partial charge in [-0.15, -0.1) is 0 Å². The molecule has 0 saturated carbocycles. The number of nitrogens with one attached hydrogen (secondary N) is 2. The maximum Gasteiger partial charge on any atom is 0.343 e. The molecule has 4 aromatic rings. The third kappa shape index (κ3) is 6.91. The van der Waals surface area contributed by atoms with Crippen LogP contribution in [0.1, 0.15) is 36.6 Å². The van der Waals surface area contributed by atoms with Gasteiger partial charge in [0.25, 0.3) is 11.8 Å². The van der Waals surface area contributed by atoms with Crippen molar-refractivity contribution in [1.29, 1.82) is 0 Å². The number of ether oxygens (including phenoxy) is 1. The summed E-state index contributed by atoms with van der Waals surface area (Å²) in [5, 5.41) is 7.06. The largest absolute Gasteiger partial charge is 0.422 e. The molecule has 0 heterocycles. The molecule has 37 heavy (non-hydrogen) atoms. The Labute approximate surface area is 226 Å². The maximum atomic E-state index is 12.7. The molecule has 0 radical (unpaired) electrons. The Kier molecular flexibility index (Phi) is 8.45. The van der Waals surface area contributed by atoms with E-state index in [-0.39, 0.29) is 11.3 Å². The SMILES string of the molecule is O=C(NN=Cc1cc(Br)ccc1OC(=O)c1ccccc1)c1cccc(NC(=O)c2ccccc2Cl)c1. The van der Waals surface area contributed by atoms with E-state index in [9.17, 15) is 14.4 Å². The fourth-order valence-corrected chi connectivity index (χ4v) is 3.85. The number of hydrogen-bond acceptors (Lipinski definition) is 5. The van der Waals surface area contributed by atoms with E-state index in [0.717, 1.165) is 4.47 Å². The number of carbonyl (C=O) groups is 3. The van der Waals surface area contributed by atoms with Gasteiger partial charge in [0.1, 0.15) is 5.75 Å². The second kappa shape index (κ2) is 12.1. The van der Waals surface area contributed by atoms with Crippen molar-refractivity contribution in [3.8, 4) is 5.75 Å². The predicted octanol–water partition coefficient (Wildman–Crippen LogP) is 6.34. The first-order valence-electron chi connectivity index (χ1n) is 11.0. The second-order valence-corrected chi connectivity index (χ2v) is 8.97. The maximum absolute atomic E-state index is 12.7. The molecular formula is C28H19BrClN3O4. The van der Waals surface area contributed by atoms with Gasteiger partial charge in [-0.1, -0.05) is 63.9 Å². The molecule has 0 aliphatic carbocycles. The average molecular weight is 577 g/mol. The summed E-state index contributed by atoms with van der Waals surface area (Å²) in [6, 6.07) is 26.7. The molecule has 7 nitrogen and oxygen atoms in total. The molecule has 0 bridgehead atoms. The molecule has 0 spiro atoms. The van der Waals surface area contributed by atoms with Gasteiger partial charge in [-0.3, -0.25) is 9.59 Å². The third-order valence-electron chi connectivity index (χ3n) is 5.05. The van der Waals surface area contributed by atoms with Crippen LogP contribution in [-0.2, 0) is 0 Å². The van der Waals surface area contributed by atoms with E-state index in [1.807, 2.05) is 0 Å². The molecule has 0 saturated heterocycles. The van der Waals surface area contributed by atoms with Crippen molar-refractivity contribution in [2.45, 2.75) is 0 Å². The molecule has 0 aliphatic heterocycles. The monoisotopic (exact) mass is 575 g/mol. The predicted molar refractivity (Wildman–Crippen MR) is 146 cm³/mol. The number of anilines is 1. The standard InChI is InChI=1S/C28H19BrClN3O4/c29-21-13-14-25(37-28(36)18-7-2-1-3-8-18)20(15-21)17-31-33-26(34)19-9-6-10-22(16-19)32-27(35)23-11-4-5-12-24(23)30/h1-17H,(H,32,35)(H,33,34). The average Bonchev–Trinajstić information content (AvgIpc) is 2.91. The fourth-order valence-electron chi connectivity index (χ4n) is 3.25. The van der Waals surface area contributed by atoms with Crippen LogP contribution in [0.25, 0.3) is 0 Å². The van der Waals surface area contributed by atoms with E-state index in [1.54, 1.807) is 91.0 Å².